The molecule has 0 spiro atoms. The smallest absolute Gasteiger partial charge is 0.328 e. The van der Waals surface area contributed by atoms with Crippen LogP contribution in [0.1, 0.15) is 27.6 Å². The third kappa shape index (κ3) is 3.31. The standard InChI is InChI=1S/C20H20N2O4/c1-14(21(2)15-8-4-3-5-9-15)20(25)26-13-12-22-18(23)16-10-6-7-11-17(16)19(22)24/h3-11,14H,12-13H2,1-2H3. The Hall–Kier alpha value is -3.15. The second-order valence-electron chi connectivity index (χ2n) is 6.10. The van der Waals surface area contributed by atoms with Crippen molar-refractivity contribution in [3.05, 3.63) is 65.7 Å². The summed E-state index contributed by atoms with van der Waals surface area (Å²) in [6.45, 7) is 1.76. The minimum atomic E-state index is -0.487. The number of fused-ring (bicyclic) bond motifs is 1. The topological polar surface area (TPSA) is 66.9 Å². The van der Waals surface area contributed by atoms with Gasteiger partial charge in [-0.1, -0.05) is 30.3 Å². The first-order valence-corrected chi connectivity index (χ1v) is 8.40. The fourth-order valence-electron chi connectivity index (χ4n) is 2.85. The first-order chi connectivity index (χ1) is 12.5. The molecule has 1 aliphatic heterocycles. The molecule has 0 aliphatic carbocycles. The van der Waals surface area contributed by atoms with Crippen LogP contribution in [0.25, 0.3) is 0 Å². The maximum Gasteiger partial charge on any atom is 0.328 e. The molecule has 0 saturated carbocycles. The van der Waals surface area contributed by atoms with Crippen LogP contribution in [0, 0.1) is 0 Å². The van der Waals surface area contributed by atoms with Gasteiger partial charge in [0.2, 0.25) is 0 Å². The van der Waals surface area contributed by atoms with Crippen LogP contribution in [0.4, 0.5) is 5.69 Å². The van der Waals surface area contributed by atoms with Crippen LogP contribution in [0.2, 0.25) is 0 Å². The first-order valence-electron chi connectivity index (χ1n) is 8.40. The van der Waals surface area contributed by atoms with Crippen molar-refractivity contribution in [2.75, 3.05) is 25.1 Å². The number of para-hydroxylation sites is 1. The number of hydrogen-bond acceptors (Lipinski definition) is 5. The second-order valence-corrected chi connectivity index (χ2v) is 6.10. The number of esters is 1. The molecule has 6 heteroatoms. The van der Waals surface area contributed by atoms with Crippen LogP contribution >= 0.6 is 0 Å². The molecule has 1 heterocycles. The van der Waals surface area contributed by atoms with E-state index < -0.39 is 12.0 Å². The van der Waals surface area contributed by atoms with Crippen LogP contribution < -0.4 is 4.90 Å². The largest absolute Gasteiger partial charge is 0.462 e. The molecule has 0 N–H and O–H groups in total. The van der Waals surface area contributed by atoms with Gasteiger partial charge in [0.25, 0.3) is 11.8 Å². The molecule has 1 unspecified atom stereocenters. The molecule has 0 bridgehead atoms. The molecule has 1 atom stereocenters. The highest BCUT2D eigenvalue weighted by Crippen LogP contribution is 2.22. The van der Waals surface area contributed by atoms with E-state index in [-0.39, 0.29) is 25.0 Å². The molecular weight excluding hydrogens is 332 g/mol. The Labute approximate surface area is 152 Å². The molecular formula is C20H20N2O4. The lowest BCUT2D eigenvalue weighted by atomic mass is 10.1. The van der Waals surface area contributed by atoms with Gasteiger partial charge >= 0.3 is 5.97 Å². The molecule has 134 valence electrons. The molecule has 1 aliphatic rings. The highest BCUT2D eigenvalue weighted by molar-refractivity contribution is 6.21. The molecule has 0 radical (unpaired) electrons. The van der Waals surface area contributed by atoms with Gasteiger partial charge in [-0.15, -0.1) is 0 Å². The first kappa shape index (κ1) is 17.7. The third-order valence-electron chi connectivity index (χ3n) is 4.52. The van der Waals surface area contributed by atoms with Crippen molar-refractivity contribution in [3.8, 4) is 0 Å². The number of ether oxygens (including phenoxy) is 1. The second kappa shape index (κ2) is 7.39. The van der Waals surface area contributed by atoms with Crippen LogP contribution in [-0.2, 0) is 9.53 Å². The lowest BCUT2D eigenvalue weighted by Crippen LogP contribution is -2.39. The van der Waals surface area contributed by atoms with Gasteiger partial charge in [-0.3, -0.25) is 14.5 Å². The van der Waals surface area contributed by atoms with E-state index in [2.05, 4.69) is 0 Å². The van der Waals surface area contributed by atoms with Crippen LogP contribution in [0.5, 0.6) is 0 Å². The number of benzene rings is 2. The lowest BCUT2D eigenvalue weighted by Gasteiger charge is -2.25. The van der Waals surface area contributed by atoms with E-state index >= 15 is 0 Å². The molecule has 2 amide bonds. The van der Waals surface area contributed by atoms with Crippen LogP contribution in [0.15, 0.2) is 54.6 Å². The molecule has 0 aromatic heterocycles. The Kier molecular flexibility index (Phi) is 5.02. The van der Waals surface area contributed by atoms with Crippen molar-refractivity contribution in [3.63, 3.8) is 0 Å². The van der Waals surface area contributed by atoms with Gasteiger partial charge in [0.1, 0.15) is 12.6 Å². The normalized spacial score (nSPS) is 14.2. The minimum absolute atomic E-state index is 0.0305. The summed E-state index contributed by atoms with van der Waals surface area (Å²) in [6, 6.07) is 15.7. The quantitative estimate of drug-likeness (QED) is 0.590. The Morgan fingerprint density at radius 3 is 2.12 bits per heavy atom. The van der Waals surface area contributed by atoms with E-state index in [0.29, 0.717) is 11.1 Å². The summed E-state index contributed by atoms with van der Waals surface area (Å²) in [6.07, 6.45) is 0. The predicted octanol–water partition coefficient (Wildman–Crippen LogP) is 2.35. The Morgan fingerprint density at radius 2 is 1.54 bits per heavy atom. The average Bonchev–Trinajstić information content (AvgIpc) is 2.92. The van der Waals surface area contributed by atoms with Crippen molar-refractivity contribution >= 4 is 23.5 Å². The molecule has 0 saturated heterocycles. The summed E-state index contributed by atoms with van der Waals surface area (Å²) in [5, 5.41) is 0. The van der Waals surface area contributed by atoms with Gasteiger partial charge in [0, 0.05) is 12.7 Å². The highest BCUT2D eigenvalue weighted by Gasteiger charge is 2.35. The predicted molar refractivity (Wildman–Crippen MR) is 97.1 cm³/mol. The molecule has 2 aromatic rings. The van der Waals surface area contributed by atoms with Gasteiger partial charge in [0.05, 0.1) is 17.7 Å². The number of hydrogen-bond donors (Lipinski definition) is 0. The van der Waals surface area contributed by atoms with E-state index in [1.54, 1.807) is 31.2 Å². The van der Waals surface area contributed by atoms with Crippen LogP contribution in [0.3, 0.4) is 0 Å². The summed E-state index contributed by atoms with van der Waals surface area (Å²) >= 11 is 0. The number of rotatable bonds is 6. The zero-order chi connectivity index (χ0) is 18.7. The van der Waals surface area contributed by atoms with Gasteiger partial charge in [-0.05, 0) is 31.2 Å². The molecule has 2 aromatic carbocycles. The molecule has 0 fully saturated rings. The van der Waals surface area contributed by atoms with Gasteiger partial charge in [-0.2, -0.15) is 0 Å². The van der Waals surface area contributed by atoms with Gasteiger partial charge in [-0.25, -0.2) is 4.79 Å². The Balaban J connectivity index is 1.54. The summed E-state index contributed by atoms with van der Waals surface area (Å²) in [4.78, 5) is 39.7. The van der Waals surface area contributed by atoms with Crippen molar-refractivity contribution in [1.29, 1.82) is 0 Å². The van der Waals surface area contributed by atoms with Crippen LogP contribution in [-0.4, -0.2) is 48.9 Å². The van der Waals surface area contributed by atoms with E-state index in [1.807, 2.05) is 42.3 Å². The van der Waals surface area contributed by atoms with Gasteiger partial charge < -0.3 is 9.64 Å². The fourth-order valence-corrected chi connectivity index (χ4v) is 2.85. The van der Waals surface area contributed by atoms with E-state index in [4.69, 9.17) is 4.74 Å². The zero-order valence-electron chi connectivity index (χ0n) is 14.7. The summed E-state index contributed by atoms with van der Waals surface area (Å²) in [5.74, 6) is -1.11. The van der Waals surface area contributed by atoms with E-state index in [9.17, 15) is 14.4 Å². The SMILES string of the molecule is CC(C(=O)OCCN1C(=O)c2ccccc2C1=O)N(C)c1ccccc1. The number of nitrogens with zero attached hydrogens (tertiary/aromatic N) is 2. The summed E-state index contributed by atoms with van der Waals surface area (Å²) in [5.41, 5.74) is 1.68. The van der Waals surface area contributed by atoms with Gasteiger partial charge in [0.15, 0.2) is 0 Å². The number of carbonyl (C=O) groups is 3. The maximum atomic E-state index is 12.3. The van der Waals surface area contributed by atoms with Crippen molar-refractivity contribution in [2.45, 2.75) is 13.0 Å². The van der Waals surface area contributed by atoms with Crippen molar-refractivity contribution in [1.82, 2.24) is 4.90 Å². The molecule has 26 heavy (non-hydrogen) atoms. The minimum Gasteiger partial charge on any atom is -0.462 e. The number of carbonyl (C=O) groups excluding carboxylic acids is 3. The Bertz CT molecular complexity index is 800. The monoisotopic (exact) mass is 352 g/mol. The highest BCUT2D eigenvalue weighted by atomic mass is 16.5. The number of imide groups is 1. The van der Waals surface area contributed by atoms with Crippen molar-refractivity contribution in [2.24, 2.45) is 0 Å². The Morgan fingerprint density at radius 1 is 1.00 bits per heavy atom. The summed E-state index contributed by atoms with van der Waals surface area (Å²) < 4.78 is 5.28. The average molecular weight is 352 g/mol. The fraction of sp³-hybridized carbons (Fsp3) is 0.250. The molecule has 3 rings (SSSR count). The van der Waals surface area contributed by atoms with Crippen molar-refractivity contribution < 1.29 is 19.1 Å². The van der Waals surface area contributed by atoms with E-state index in [1.165, 1.54) is 0 Å². The zero-order valence-corrected chi connectivity index (χ0v) is 14.7. The third-order valence-corrected chi connectivity index (χ3v) is 4.52. The number of amides is 2. The number of likely N-dealkylation sites (N-methyl/N-ethyl adjacent to an activating group) is 1. The molecule has 6 nitrogen and oxygen atoms in total. The maximum absolute atomic E-state index is 12.3. The number of anilines is 1. The lowest BCUT2D eigenvalue weighted by molar-refractivity contribution is -0.145. The van der Waals surface area contributed by atoms with E-state index in [0.717, 1.165) is 10.6 Å². The summed E-state index contributed by atoms with van der Waals surface area (Å²) in [7, 11) is 1.81.